The van der Waals surface area contributed by atoms with Gasteiger partial charge in [0.2, 0.25) is 0 Å². The first-order chi connectivity index (χ1) is 11.3. The van der Waals surface area contributed by atoms with E-state index in [0.717, 1.165) is 41.4 Å². The first-order valence-electron chi connectivity index (χ1n) is 8.12. The number of nitrogens with zero attached hydrogens (tertiary/aromatic N) is 1. The van der Waals surface area contributed by atoms with Gasteiger partial charge in [0.25, 0.3) is 5.91 Å². The zero-order valence-corrected chi connectivity index (χ0v) is 14.2. The van der Waals surface area contributed by atoms with Crippen LogP contribution in [0.5, 0.6) is 0 Å². The van der Waals surface area contributed by atoms with Crippen LogP contribution < -0.4 is 10.2 Å². The SMILES string of the molecule is CCSc1ccccc1C(=O)N(c1ccccc1)[C@H]1CCNC1. The van der Waals surface area contributed by atoms with E-state index in [0.29, 0.717) is 0 Å². The van der Waals surface area contributed by atoms with E-state index in [2.05, 4.69) is 12.2 Å². The number of amides is 1. The third-order valence-corrected chi connectivity index (χ3v) is 5.03. The molecule has 3 nitrogen and oxygen atoms in total. The van der Waals surface area contributed by atoms with Gasteiger partial charge in [-0.2, -0.15) is 0 Å². The Balaban J connectivity index is 1.98. The number of hydrogen-bond donors (Lipinski definition) is 1. The van der Waals surface area contributed by atoms with Crippen molar-refractivity contribution in [1.29, 1.82) is 0 Å². The van der Waals surface area contributed by atoms with Crippen LogP contribution in [0.3, 0.4) is 0 Å². The smallest absolute Gasteiger partial charge is 0.259 e. The van der Waals surface area contributed by atoms with Crippen molar-refractivity contribution < 1.29 is 4.79 Å². The molecule has 1 fully saturated rings. The summed E-state index contributed by atoms with van der Waals surface area (Å²) in [7, 11) is 0. The van der Waals surface area contributed by atoms with Gasteiger partial charge in [0, 0.05) is 17.1 Å². The maximum Gasteiger partial charge on any atom is 0.259 e. The molecule has 1 N–H and O–H groups in total. The van der Waals surface area contributed by atoms with Crippen LogP contribution in [0.15, 0.2) is 59.5 Å². The van der Waals surface area contributed by atoms with Crippen LogP contribution in [0.4, 0.5) is 5.69 Å². The molecule has 0 aliphatic carbocycles. The molecule has 0 bridgehead atoms. The summed E-state index contributed by atoms with van der Waals surface area (Å²) in [5, 5.41) is 3.37. The molecule has 1 atom stereocenters. The lowest BCUT2D eigenvalue weighted by Gasteiger charge is -2.29. The van der Waals surface area contributed by atoms with E-state index in [9.17, 15) is 4.79 Å². The Morgan fingerprint density at radius 1 is 1.17 bits per heavy atom. The number of anilines is 1. The molecule has 3 rings (SSSR count). The van der Waals surface area contributed by atoms with Crippen molar-refractivity contribution in [3.8, 4) is 0 Å². The Kier molecular flexibility index (Phi) is 5.36. The van der Waals surface area contributed by atoms with Gasteiger partial charge in [-0.1, -0.05) is 37.3 Å². The number of para-hydroxylation sites is 1. The summed E-state index contributed by atoms with van der Waals surface area (Å²) >= 11 is 1.72. The van der Waals surface area contributed by atoms with Crippen LogP contribution in [0.25, 0.3) is 0 Å². The number of rotatable bonds is 5. The molecule has 1 heterocycles. The Bertz CT molecular complexity index is 653. The van der Waals surface area contributed by atoms with Crippen molar-refractivity contribution in [3.05, 3.63) is 60.2 Å². The Labute approximate surface area is 142 Å². The first-order valence-corrected chi connectivity index (χ1v) is 9.11. The lowest BCUT2D eigenvalue weighted by atomic mass is 10.1. The molecular weight excluding hydrogens is 304 g/mol. The van der Waals surface area contributed by atoms with Crippen LogP contribution in [-0.4, -0.2) is 30.8 Å². The van der Waals surface area contributed by atoms with Gasteiger partial charge >= 0.3 is 0 Å². The molecule has 2 aromatic rings. The van der Waals surface area contributed by atoms with Crippen molar-refractivity contribution in [1.82, 2.24) is 5.32 Å². The Morgan fingerprint density at radius 2 is 1.91 bits per heavy atom. The summed E-state index contributed by atoms with van der Waals surface area (Å²) in [6.07, 6.45) is 0.990. The molecule has 120 valence electrons. The maximum atomic E-state index is 13.3. The second-order valence-electron chi connectivity index (χ2n) is 5.59. The molecule has 1 aliphatic heterocycles. The summed E-state index contributed by atoms with van der Waals surface area (Å²) < 4.78 is 0. The predicted molar refractivity (Wildman–Crippen MR) is 97.4 cm³/mol. The quantitative estimate of drug-likeness (QED) is 0.848. The van der Waals surface area contributed by atoms with Crippen LogP contribution in [0.2, 0.25) is 0 Å². The largest absolute Gasteiger partial charge is 0.315 e. The van der Waals surface area contributed by atoms with Gasteiger partial charge in [-0.25, -0.2) is 0 Å². The molecule has 1 aliphatic rings. The maximum absolute atomic E-state index is 13.3. The number of benzene rings is 2. The normalized spacial score (nSPS) is 17.2. The lowest BCUT2D eigenvalue weighted by molar-refractivity contribution is 0.0975. The van der Waals surface area contributed by atoms with Crippen molar-refractivity contribution in [3.63, 3.8) is 0 Å². The van der Waals surface area contributed by atoms with E-state index in [-0.39, 0.29) is 11.9 Å². The lowest BCUT2D eigenvalue weighted by Crippen LogP contribution is -2.42. The molecule has 1 amide bonds. The van der Waals surface area contributed by atoms with E-state index in [1.165, 1.54) is 0 Å². The molecule has 2 aromatic carbocycles. The number of carbonyl (C=O) groups excluding carboxylic acids is 1. The molecule has 0 saturated carbocycles. The van der Waals surface area contributed by atoms with E-state index in [1.54, 1.807) is 11.8 Å². The minimum atomic E-state index is 0.0986. The summed E-state index contributed by atoms with van der Waals surface area (Å²) in [6.45, 7) is 3.93. The molecule has 1 saturated heterocycles. The Hall–Kier alpha value is -1.78. The summed E-state index contributed by atoms with van der Waals surface area (Å²) in [5.41, 5.74) is 1.78. The van der Waals surface area contributed by atoms with Crippen LogP contribution in [0, 0.1) is 0 Å². The third kappa shape index (κ3) is 3.59. The van der Waals surface area contributed by atoms with Gasteiger partial charge < -0.3 is 10.2 Å². The third-order valence-electron chi connectivity index (χ3n) is 4.07. The topological polar surface area (TPSA) is 32.3 Å². The second-order valence-corrected chi connectivity index (χ2v) is 6.89. The summed E-state index contributed by atoms with van der Waals surface area (Å²) in [6, 6.07) is 18.1. The van der Waals surface area contributed by atoms with Gasteiger partial charge in [0.1, 0.15) is 0 Å². The average molecular weight is 326 g/mol. The summed E-state index contributed by atoms with van der Waals surface area (Å²) in [5.74, 6) is 1.06. The van der Waals surface area contributed by atoms with Gasteiger partial charge in [0.15, 0.2) is 0 Å². The second kappa shape index (κ2) is 7.66. The van der Waals surface area contributed by atoms with Crippen molar-refractivity contribution in [2.45, 2.75) is 24.3 Å². The van der Waals surface area contributed by atoms with Crippen molar-refractivity contribution in [2.24, 2.45) is 0 Å². The fraction of sp³-hybridized carbons (Fsp3) is 0.316. The molecule has 0 unspecified atom stereocenters. The van der Waals surface area contributed by atoms with E-state index in [4.69, 9.17) is 0 Å². The highest BCUT2D eigenvalue weighted by Gasteiger charge is 2.29. The van der Waals surface area contributed by atoms with Crippen molar-refractivity contribution in [2.75, 3.05) is 23.7 Å². The van der Waals surface area contributed by atoms with E-state index < -0.39 is 0 Å². The van der Waals surface area contributed by atoms with E-state index >= 15 is 0 Å². The van der Waals surface area contributed by atoms with Crippen LogP contribution >= 0.6 is 11.8 Å². The molecule has 0 aromatic heterocycles. The fourth-order valence-corrected chi connectivity index (χ4v) is 3.79. The minimum Gasteiger partial charge on any atom is -0.315 e. The molecule has 23 heavy (non-hydrogen) atoms. The highest BCUT2D eigenvalue weighted by atomic mass is 32.2. The van der Waals surface area contributed by atoms with Gasteiger partial charge in [0.05, 0.1) is 11.6 Å². The number of thioether (sulfide) groups is 1. The van der Waals surface area contributed by atoms with Crippen LogP contribution in [0.1, 0.15) is 23.7 Å². The number of hydrogen-bond acceptors (Lipinski definition) is 3. The average Bonchev–Trinajstić information content (AvgIpc) is 3.11. The van der Waals surface area contributed by atoms with Crippen LogP contribution in [-0.2, 0) is 0 Å². The predicted octanol–water partition coefficient (Wildman–Crippen LogP) is 3.81. The summed E-state index contributed by atoms with van der Waals surface area (Å²) in [4.78, 5) is 16.3. The Morgan fingerprint density at radius 3 is 2.61 bits per heavy atom. The van der Waals surface area contributed by atoms with E-state index in [1.807, 2.05) is 59.5 Å². The standard InChI is InChI=1S/C19H22N2OS/c1-2-23-18-11-7-6-10-17(18)19(22)21(16-12-13-20-14-16)15-8-4-3-5-9-15/h3-11,16,20H,2,12-14H2,1H3/t16-/m0/s1. The van der Waals surface area contributed by atoms with Gasteiger partial charge in [-0.05, 0) is 43.0 Å². The minimum absolute atomic E-state index is 0.0986. The first kappa shape index (κ1) is 16.1. The number of carbonyl (C=O) groups is 1. The molecule has 4 heteroatoms. The van der Waals surface area contributed by atoms with Gasteiger partial charge in [-0.15, -0.1) is 11.8 Å². The van der Waals surface area contributed by atoms with Crippen molar-refractivity contribution >= 4 is 23.4 Å². The number of nitrogens with one attached hydrogen (secondary N) is 1. The van der Waals surface area contributed by atoms with Gasteiger partial charge in [-0.3, -0.25) is 4.79 Å². The highest BCUT2D eigenvalue weighted by Crippen LogP contribution is 2.28. The molecular formula is C19H22N2OS. The fourth-order valence-electron chi connectivity index (χ4n) is 3.00. The monoisotopic (exact) mass is 326 g/mol. The zero-order valence-electron chi connectivity index (χ0n) is 13.4. The molecule has 0 spiro atoms. The zero-order chi connectivity index (χ0) is 16.1. The molecule has 0 radical (unpaired) electrons. The highest BCUT2D eigenvalue weighted by molar-refractivity contribution is 7.99.